The van der Waals surface area contributed by atoms with Crippen molar-refractivity contribution < 1.29 is 17.6 Å². The molecule has 1 atom stereocenters. The van der Waals surface area contributed by atoms with Crippen LogP contribution in [0.15, 0.2) is 24.3 Å². The molecule has 1 aliphatic heterocycles. The zero-order valence-electron chi connectivity index (χ0n) is 16.3. The van der Waals surface area contributed by atoms with Crippen molar-refractivity contribution in [2.24, 2.45) is 0 Å². The molecule has 1 N–H and O–H groups in total. The van der Waals surface area contributed by atoms with Gasteiger partial charge in [0.2, 0.25) is 5.91 Å². The van der Waals surface area contributed by atoms with E-state index in [1.165, 1.54) is 12.1 Å². The molecule has 0 bridgehead atoms. The van der Waals surface area contributed by atoms with Crippen LogP contribution in [0.5, 0.6) is 0 Å². The molecule has 0 saturated carbocycles. The van der Waals surface area contributed by atoms with Crippen molar-refractivity contribution in [3.63, 3.8) is 0 Å². The van der Waals surface area contributed by atoms with Crippen LogP contribution in [0, 0.1) is 19.7 Å². The number of halogens is 1. The van der Waals surface area contributed by atoms with Gasteiger partial charge in [-0.25, -0.2) is 12.8 Å². The SMILES string of the molecule is Cc1nn([C@H]2CCS(=O)(=O)C2)c(C)c1CN(C)CC(=O)Nc1cccc(F)c1. The van der Waals surface area contributed by atoms with E-state index in [1.54, 1.807) is 12.1 Å². The molecule has 1 saturated heterocycles. The number of hydrogen-bond donors (Lipinski definition) is 1. The first-order valence-electron chi connectivity index (χ1n) is 9.13. The van der Waals surface area contributed by atoms with Crippen LogP contribution in [0.1, 0.15) is 29.4 Å². The lowest BCUT2D eigenvalue weighted by molar-refractivity contribution is -0.117. The van der Waals surface area contributed by atoms with E-state index in [4.69, 9.17) is 0 Å². The fourth-order valence-corrected chi connectivity index (χ4v) is 5.28. The van der Waals surface area contributed by atoms with Gasteiger partial charge in [0, 0.05) is 23.5 Å². The summed E-state index contributed by atoms with van der Waals surface area (Å²) in [7, 11) is -1.17. The van der Waals surface area contributed by atoms with E-state index in [-0.39, 0.29) is 30.0 Å². The highest BCUT2D eigenvalue weighted by atomic mass is 32.2. The summed E-state index contributed by atoms with van der Waals surface area (Å²) in [6.07, 6.45) is 0.579. The lowest BCUT2D eigenvalue weighted by Crippen LogP contribution is -2.30. The van der Waals surface area contributed by atoms with Gasteiger partial charge in [-0.1, -0.05) is 6.07 Å². The summed E-state index contributed by atoms with van der Waals surface area (Å²) in [5.41, 5.74) is 3.17. The van der Waals surface area contributed by atoms with Crippen molar-refractivity contribution in [3.8, 4) is 0 Å². The smallest absolute Gasteiger partial charge is 0.238 e. The number of benzene rings is 1. The quantitative estimate of drug-likeness (QED) is 0.791. The maximum atomic E-state index is 13.2. The first-order chi connectivity index (χ1) is 13.1. The number of hydrogen-bond acceptors (Lipinski definition) is 5. The van der Waals surface area contributed by atoms with Crippen molar-refractivity contribution in [1.29, 1.82) is 0 Å². The number of nitrogens with zero attached hydrogens (tertiary/aromatic N) is 3. The van der Waals surface area contributed by atoms with Crippen LogP contribution < -0.4 is 5.32 Å². The molecule has 7 nitrogen and oxygen atoms in total. The Hall–Kier alpha value is -2.26. The second-order valence-electron chi connectivity index (χ2n) is 7.38. The van der Waals surface area contributed by atoms with Gasteiger partial charge in [-0.15, -0.1) is 0 Å². The molecule has 0 aliphatic carbocycles. The van der Waals surface area contributed by atoms with Gasteiger partial charge in [-0.2, -0.15) is 5.10 Å². The summed E-state index contributed by atoms with van der Waals surface area (Å²) in [5.74, 6) is -0.317. The third kappa shape index (κ3) is 4.77. The van der Waals surface area contributed by atoms with Crippen LogP contribution in [-0.4, -0.2) is 54.1 Å². The third-order valence-corrected chi connectivity index (χ3v) is 6.73. The summed E-state index contributed by atoms with van der Waals surface area (Å²) in [5, 5.41) is 7.23. The van der Waals surface area contributed by atoms with E-state index in [1.807, 2.05) is 30.5 Å². The van der Waals surface area contributed by atoms with E-state index in [2.05, 4.69) is 10.4 Å². The topological polar surface area (TPSA) is 84.3 Å². The first-order valence-corrected chi connectivity index (χ1v) is 11.0. The Kier molecular flexibility index (Phi) is 5.85. The Morgan fingerprint density at radius 2 is 2.14 bits per heavy atom. The molecule has 1 aromatic carbocycles. The number of carbonyl (C=O) groups is 1. The minimum Gasteiger partial charge on any atom is -0.325 e. The van der Waals surface area contributed by atoms with Gasteiger partial charge in [-0.3, -0.25) is 14.4 Å². The zero-order chi connectivity index (χ0) is 20.5. The Bertz CT molecular complexity index is 987. The van der Waals surface area contributed by atoms with Crippen LogP contribution in [0.4, 0.5) is 10.1 Å². The van der Waals surface area contributed by atoms with Crippen molar-refractivity contribution >= 4 is 21.4 Å². The van der Waals surface area contributed by atoms with Crippen molar-refractivity contribution in [2.75, 3.05) is 30.4 Å². The van der Waals surface area contributed by atoms with Gasteiger partial charge in [0.15, 0.2) is 9.84 Å². The molecule has 2 heterocycles. The number of rotatable bonds is 6. The molecular weight excluding hydrogens is 383 g/mol. The molecule has 1 aromatic heterocycles. The molecule has 0 spiro atoms. The fourth-order valence-electron chi connectivity index (χ4n) is 3.59. The minimum absolute atomic E-state index is 0.125. The molecule has 0 radical (unpaired) electrons. The largest absolute Gasteiger partial charge is 0.325 e. The van der Waals surface area contributed by atoms with Crippen LogP contribution in [0.3, 0.4) is 0 Å². The molecule has 0 unspecified atom stereocenters. The predicted molar refractivity (Wildman–Crippen MR) is 105 cm³/mol. The van der Waals surface area contributed by atoms with Gasteiger partial charge in [0.1, 0.15) is 5.82 Å². The van der Waals surface area contributed by atoms with Crippen molar-refractivity contribution in [1.82, 2.24) is 14.7 Å². The highest BCUT2D eigenvalue weighted by molar-refractivity contribution is 7.91. The normalized spacial score (nSPS) is 18.5. The maximum Gasteiger partial charge on any atom is 0.238 e. The van der Waals surface area contributed by atoms with Gasteiger partial charge in [0.25, 0.3) is 0 Å². The molecular formula is C19H25FN4O3S. The number of aromatic nitrogens is 2. The lowest BCUT2D eigenvalue weighted by Gasteiger charge is -2.17. The Morgan fingerprint density at radius 1 is 1.39 bits per heavy atom. The fraction of sp³-hybridized carbons (Fsp3) is 0.474. The number of anilines is 1. The number of aryl methyl sites for hydroxylation is 1. The summed E-state index contributed by atoms with van der Waals surface area (Å²) in [6.45, 7) is 4.47. The summed E-state index contributed by atoms with van der Waals surface area (Å²) in [4.78, 5) is 14.1. The number of amides is 1. The van der Waals surface area contributed by atoms with Gasteiger partial charge < -0.3 is 5.32 Å². The molecule has 152 valence electrons. The first kappa shape index (κ1) is 20.5. The van der Waals surface area contributed by atoms with E-state index >= 15 is 0 Å². The maximum absolute atomic E-state index is 13.2. The average Bonchev–Trinajstić information content (AvgIpc) is 3.08. The highest BCUT2D eigenvalue weighted by Crippen LogP contribution is 2.27. The van der Waals surface area contributed by atoms with E-state index < -0.39 is 15.7 Å². The van der Waals surface area contributed by atoms with E-state index in [0.717, 1.165) is 17.0 Å². The summed E-state index contributed by atoms with van der Waals surface area (Å²) in [6, 6.07) is 5.64. The second kappa shape index (κ2) is 8.00. The lowest BCUT2D eigenvalue weighted by atomic mass is 10.1. The molecule has 3 rings (SSSR count). The number of sulfone groups is 1. The minimum atomic E-state index is -2.99. The zero-order valence-corrected chi connectivity index (χ0v) is 17.1. The Labute approximate surface area is 164 Å². The molecule has 1 amide bonds. The van der Waals surface area contributed by atoms with Gasteiger partial charge in [0.05, 0.1) is 29.8 Å². The number of likely N-dealkylation sites (N-methyl/N-ethyl adjacent to an activating group) is 1. The van der Waals surface area contributed by atoms with Crippen molar-refractivity contribution in [2.45, 2.75) is 32.9 Å². The molecule has 2 aromatic rings. The van der Waals surface area contributed by atoms with E-state index in [0.29, 0.717) is 18.7 Å². The number of nitrogens with one attached hydrogen (secondary N) is 1. The van der Waals surface area contributed by atoms with Crippen molar-refractivity contribution in [3.05, 3.63) is 47.0 Å². The third-order valence-electron chi connectivity index (χ3n) is 4.98. The monoisotopic (exact) mass is 408 g/mol. The average molecular weight is 408 g/mol. The standard InChI is InChI=1S/C19H25FN4O3S/c1-13-18(14(2)24(22-13)17-7-8-28(26,27)12-17)10-23(3)11-19(25)21-16-6-4-5-15(20)9-16/h4-6,9,17H,7-8,10-12H2,1-3H3,(H,21,25)/t17-/m0/s1. The Morgan fingerprint density at radius 3 is 2.79 bits per heavy atom. The van der Waals surface area contributed by atoms with E-state index in [9.17, 15) is 17.6 Å². The molecule has 1 fully saturated rings. The van der Waals surface area contributed by atoms with Crippen LogP contribution >= 0.6 is 0 Å². The summed E-state index contributed by atoms with van der Waals surface area (Å²) < 4.78 is 38.6. The summed E-state index contributed by atoms with van der Waals surface area (Å²) >= 11 is 0. The molecule has 28 heavy (non-hydrogen) atoms. The predicted octanol–water partition coefficient (Wildman–Crippen LogP) is 2.07. The van der Waals surface area contributed by atoms with Crippen LogP contribution in [0.25, 0.3) is 0 Å². The second-order valence-corrected chi connectivity index (χ2v) is 9.61. The van der Waals surface area contributed by atoms with Gasteiger partial charge >= 0.3 is 0 Å². The van der Waals surface area contributed by atoms with Crippen LogP contribution in [0.2, 0.25) is 0 Å². The molecule has 1 aliphatic rings. The Balaban J connectivity index is 1.64. The van der Waals surface area contributed by atoms with Gasteiger partial charge in [-0.05, 0) is 45.5 Å². The van der Waals surface area contributed by atoms with Crippen LogP contribution in [-0.2, 0) is 21.2 Å². The number of carbonyl (C=O) groups excluding carboxylic acids is 1. The highest BCUT2D eigenvalue weighted by Gasteiger charge is 2.31. The molecule has 9 heteroatoms.